The summed E-state index contributed by atoms with van der Waals surface area (Å²) in [4.78, 5) is 22.0. The second-order valence-electron chi connectivity index (χ2n) is 11.1. The van der Waals surface area contributed by atoms with E-state index in [1.807, 2.05) is 24.3 Å². The number of hydrazone groups is 1. The summed E-state index contributed by atoms with van der Waals surface area (Å²) in [6, 6.07) is 12.7. The van der Waals surface area contributed by atoms with Crippen LogP contribution in [0.4, 0.5) is 20.2 Å². The standard InChI is InChI=1S/C31H38F2N8O4/c1-3-29(42)41-9-8-28(31(32,33)19-41)45-26-7-4-21(14-22(26)16-34)30(36-20-35)38-37-23-5-6-25(27(15-23)43-2)40-12-10-39(11-13-40)24-17-44-18-24/h4-7,14-15,20,24,28,37H,3,8-13,17-19H2,1-2H3,(H2,35,36,38)/t28-/m0/s1. The van der Waals surface area contributed by atoms with Crippen LogP contribution in [0.1, 0.15) is 30.9 Å². The fourth-order valence-corrected chi connectivity index (χ4v) is 5.64. The van der Waals surface area contributed by atoms with Crippen molar-refractivity contribution < 1.29 is 27.8 Å². The zero-order valence-electron chi connectivity index (χ0n) is 25.4. The van der Waals surface area contributed by atoms with Crippen molar-refractivity contribution in [2.75, 3.05) is 69.9 Å². The van der Waals surface area contributed by atoms with Crippen molar-refractivity contribution in [2.24, 2.45) is 15.8 Å². The molecule has 14 heteroatoms. The number of amides is 1. The molecule has 3 heterocycles. The van der Waals surface area contributed by atoms with Gasteiger partial charge in [0.05, 0.1) is 56.2 Å². The highest BCUT2D eigenvalue weighted by atomic mass is 19.3. The first-order valence-electron chi connectivity index (χ1n) is 15.0. The van der Waals surface area contributed by atoms with Gasteiger partial charge in [-0.05, 0) is 30.3 Å². The van der Waals surface area contributed by atoms with Crippen molar-refractivity contribution >= 4 is 29.5 Å². The van der Waals surface area contributed by atoms with E-state index in [1.165, 1.54) is 12.1 Å². The van der Waals surface area contributed by atoms with Gasteiger partial charge in [-0.15, -0.1) is 0 Å². The second kappa shape index (κ2) is 14.1. The lowest BCUT2D eigenvalue weighted by Crippen LogP contribution is -2.56. The number of anilines is 2. The minimum absolute atomic E-state index is 0.00686. The summed E-state index contributed by atoms with van der Waals surface area (Å²) in [5, 5.41) is 14.2. The van der Waals surface area contributed by atoms with E-state index in [-0.39, 0.29) is 42.4 Å². The van der Waals surface area contributed by atoms with Crippen LogP contribution in [-0.2, 0) is 9.53 Å². The minimum atomic E-state index is -3.27. The van der Waals surface area contributed by atoms with Crippen molar-refractivity contribution in [1.82, 2.24) is 9.80 Å². The van der Waals surface area contributed by atoms with E-state index in [0.29, 0.717) is 23.0 Å². The van der Waals surface area contributed by atoms with Crippen molar-refractivity contribution in [3.63, 3.8) is 0 Å². The lowest BCUT2D eigenvalue weighted by atomic mass is 10.0. The third-order valence-electron chi connectivity index (χ3n) is 8.28. The number of ether oxygens (including phenoxy) is 3. The van der Waals surface area contributed by atoms with Crippen LogP contribution >= 0.6 is 0 Å². The first kappa shape index (κ1) is 31.9. The normalized spacial score (nSPS) is 20.9. The predicted octanol–water partition coefficient (Wildman–Crippen LogP) is 2.87. The number of aliphatic imine (C=N–C) groups is 1. The molecule has 2 aromatic rings. The number of amidine groups is 1. The molecule has 2 aromatic carbocycles. The summed E-state index contributed by atoms with van der Waals surface area (Å²) in [5.74, 6) is -2.75. The minimum Gasteiger partial charge on any atom is -0.495 e. The van der Waals surface area contributed by atoms with Gasteiger partial charge in [0.15, 0.2) is 11.9 Å². The van der Waals surface area contributed by atoms with E-state index in [9.17, 15) is 18.8 Å². The molecule has 45 heavy (non-hydrogen) atoms. The largest absolute Gasteiger partial charge is 0.495 e. The number of nitrogens with zero attached hydrogens (tertiary/aromatic N) is 6. The number of nitrogens with one attached hydrogen (secondary N) is 1. The van der Waals surface area contributed by atoms with Crippen LogP contribution in [0.5, 0.6) is 11.5 Å². The molecule has 0 unspecified atom stereocenters. The summed E-state index contributed by atoms with van der Waals surface area (Å²) in [5.41, 5.74) is 10.6. The second-order valence-corrected chi connectivity index (χ2v) is 11.1. The molecule has 0 spiro atoms. The smallest absolute Gasteiger partial charge is 0.301 e. The highest BCUT2D eigenvalue weighted by Gasteiger charge is 2.47. The van der Waals surface area contributed by atoms with E-state index in [4.69, 9.17) is 19.9 Å². The number of halogens is 2. The highest BCUT2D eigenvalue weighted by Crippen LogP contribution is 2.34. The fourth-order valence-electron chi connectivity index (χ4n) is 5.64. The molecular formula is C31H38F2N8O4. The molecule has 3 aliphatic rings. The number of rotatable bonds is 9. The molecule has 0 saturated carbocycles. The summed E-state index contributed by atoms with van der Waals surface area (Å²) < 4.78 is 46.4. The average Bonchev–Trinajstić information content (AvgIpc) is 3.03. The molecule has 3 N–H and O–H groups in total. The molecule has 1 atom stereocenters. The number of likely N-dealkylation sites (tertiary alicyclic amines) is 1. The first-order chi connectivity index (χ1) is 21.8. The molecule has 0 aromatic heterocycles. The van der Waals surface area contributed by atoms with Gasteiger partial charge in [-0.25, -0.2) is 13.8 Å². The lowest BCUT2D eigenvalue weighted by Gasteiger charge is -2.43. The topological polar surface area (TPSA) is 141 Å². The van der Waals surface area contributed by atoms with Gasteiger partial charge < -0.3 is 29.7 Å². The molecule has 240 valence electrons. The zero-order chi connectivity index (χ0) is 32.0. The van der Waals surface area contributed by atoms with Crippen molar-refractivity contribution in [3.8, 4) is 17.6 Å². The third-order valence-corrected chi connectivity index (χ3v) is 8.28. The Morgan fingerprint density at radius 3 is 2.58 bits per heavy atom. The van der Waals surface area contributed by atoms with Gasteiger partial charge in [0.1, 0.15) is 17.6 Å². The van der Waals surface area contributed by atoms with Gasteiger partial charge in [-0.2, -0.15) is 10.4 Å². The van der Waals surface area contributed by atoms with Gasteiger partial charge in [0, 0.05) is 57.2 Å². The predicted molar refractivity (Wildman–Crippen MR) is 166 cm³/mol. The summed E-state index contributed by atoms with van der Waals surface area (Å²) in [6.07, 6.45) is -0.318. The zero-order valence-corrected chi connectivity index (χ0v) is 25.4. The number of hydrogen-bond donors (Lipinski definition) is 2. The van der Waals surface area contributed by atoms with Crippen molar-refractivity contribution in [1.29, 1.82) is 5.26 Å². The van der Waals surface area contributed by atoms with Crippen LogP contribution < -0.4 is 25.5 Å². The van der Waals surface area contributed by atoms with E-state index in [0.717, 1.165) is 56.3 Å². The molecule has 3 aliphatic heterocycles. The third kappa shape index (κ3) is 7.26. The van der Waals surface area contributed by atoms with Crippen LogP contribution in [0.25, 0.3) is 0 Å². The molecule has 0 radical (unpaired) electrons. The number of carbonyl (C=O) groups excluding carboxylic acids is 1. The van der Waals surface area contributed by atoms with Crippen LogP contribution in [0.15, 0.2) is 46.5 Å². The Balaban J connectivity index is 1.27. The van der Waals surface area contributed by atoms with Gasteiger partial charge in [0.25, 0.3) is 0 Å². The van der Waals surface area contributed by atoms with Crippen LogP contribution in [-0.4, -0.2) is 106 Å². The van der Waals surface area contributed by atoms with Crippen LogP contribution in [0, 0.1) is 11.3 Å². The number of alkyl halides is 2. The monoisotopic (exact) mass is 624 g/mol. The molecule has 1 amide bonds. The Hall–Kier alpha value is -4.48. The maximum absolute atomic E-state index is 14.9. The van der Waals surface area contributed by atoms with E-state index < -0.39 is 18.6 Å². The Kier molecular flexibility index (Phi) is 9.99. The number of nitriles is 1. The number of carbonyl (C=O) groups is 1. The van der Waals surface area contributed by atoms with Crippen molar-refractivity contribution in [3.05, 3.63) is 47.5 Å². The number of nitrogens with two attached hydrogens (primary N) is 1. The summed E-state index contributed by atoms with van der Waals surface area (Å²) >= 11 is 0. The van der Waals surface area contributed by atoms with Gasteiger partial charge in [-0.1, -0.05) is 6.92 Å². The van der Waals surface area contributed by atoms with E-state index in [2.05, 4.69) is 25.3 Å². The van der Waals surface area contributed by atoms with E-state index in [1.54, 1.807) is 20.1 Å². The number of piperidine rings is 1. The van der Waals surface area contributed by atoms with Gasteiger partial charge in [0.2, 0.25) is 5.91 Å². The number of methoxy groups -OCH3 is 1. The Morgan fingerprint density at radius 1 is 1.18 bits per heavy atom. The molecular weight excluding hydrogens is 586 g/mol. The first-order valence-corrected chi connectivity index (χ1v) is 15.0. The number of hydrogen-bond acceptors (Lipinski definition) is 9. The Bertz CT molecular complexity index is 1470. The quantitative estimate of drug-likeness (QED) is 0.245. The average molecular weight is 625 g/mol. The molecule has 3 fully saturated rings. The number of piperazine rings is 1. The molecule has 3 saturated heterocycles. The Morgan fingerprint density at radius 2 is 1.96 bits per heavy atom. The summed E-state index contributed by atoms with van der Waals surface area (Å²) in [6.45, 7) is 6.34. The van der Waals surface area contributed by atoms with Crippen molar-refractivity contribution in [2.45, 2.75) is 37.8 Å². The molecule has 0 aliphatic carbocycles. The lowest BCUT2D eigenvalue weighted by molar-refractivity contribution is -0.159. The highest BCUT2D eigenvalue weighted by molar-refractivity contribution is 6.03. The molecule has 12 nitrogen and oxygen atoms in total. The fraction of sp³-hybridized carbons (Fsp3) is 0.484. The van der Waals surface area contributed by atoms with Crippen LogP contribution in [0.3, 0.4) is 0 Å². The van der Waals surface area contributed by atoms with E-state index >= 15 is 0 Å². The summed E-state index contributed by atoms with van der Waals surface area (Å²) in [7, 11) is 1.62. The Labute approximate surface area is 261 Å². The maximum Gasteiger partial charge on any atom is 0.301 e. The SMILES string of the molecule is CCC(=O)N1CC[C@H](Oc2ccc(C(N=CN)=NNc3ccc(N4CCN(C5COC5)CC4)c(OC)c3)cc2C#N)C(F)(F)C1. The number of benzene rings is 2. The molecule has 0 bridgehead atoms. The van der Waals surface area contributed by atoms with Gasteiger partial charge >= 0.3 is 5.92 Å². The maximum atomic E-state index is 14.9. The van der Waals surface area contributed by atoms with Crippen LogP contribution in [0.2, 0.25) is 0 Å². The van der Waals surface area contributed by atoms with Gasteiger partial charge in [-0.3, -0.25) is 15.1 Å². The molecule has 5 rings (SSSR count).